The summed E-state index contributed by atoms with van der Waals surface area (Å²) < 4.78 is 4.40. The van der Waals surface area contributed by atoms with Crippen LogP contribution in [0.5, 0.6) is 0 Å². The molecule has 1 atom stereocenters. The van der Waals surface area contributed by atoms with Crippen molar-refractivity contribution in [3.05, 3.63) is 0 Å². The van der Waals surface area contributed by atoms with Crippen LogP contribution in [0.15, 0.2) is 0 Å². The van der Waals surface area contributed by atoms with Crippen LogP contribution in [0, 0.1) is 5.41 Å². The number of thiol groups is 1. The Morgan fingerprint density at radius 3 is 2.83 bits per heavy atom. The Morgan fingerprint density at radius 2 is 2.25 bits per heavy atom. The first kappa shape index (κ1) is 9.51. The third kappa shape index (κ3) is 1.89. The maximum atomic E-state index is 9.44. The molecule has 2 rings (SSSR count). The van der Waals surface area contributed by atoms with E-state index in [0.717, 1.165) is 24.2 Å². The number of halogens is 1. The fraction of sp³-hybridized carbons (Fsp3) is 1.00. The van der Waals surface area contributed by atoms with E-state index >= 15 is 0 Å². The molecule has 0 radical (unpaired) electrons. The topological polar surface area (TPSA) is 26.7 Å². The van der Waals surface area contributed by atoms with Crippen LogP contribution in [-0.2, 0) is 0 Å². The van der Waals surface area contributed by atoms with Crippen LogP contribution >= 0.6 is 12.8 Å². The molecule has 2 heterocycles. The van der Waals surface area contributed by atoms with Crippen LogP contribution in [-0.4, -0.2) is 43.2 Å². The van der Waals surface area contributed by atoms with Crippen LogP contribution in [0.4, 0.5) is 0 Å². The van der Waals surface area contributed by atoms with Gasteiger partial charge in [0.1, 0.15) is 0 Å². The number of hydrogen-bond acceptors (Lipinski definition) is 4. The molecule has 2 saturated heterocycles. The summed E-state index contributed by atoms with van der Waals surface area (Å²) in [6, 6.07) is 0. The Morgan fingerprint density at radius 1 is 1.42 bits per heavy atom. The van der Waals surface area contributed by atoms with Crippen LogP contribution in [0.25, 0.3) is 0 Å². The molecule has 0 saturated carbocycles. The molecule has 1 unspecified atom stereocenters. The molecule has 0 aromatic heterocycles. The SMILES string of the molecule is ON1C[I-]CC2(CCN(S)C2)C1. The van der Waals surface area contributed by atoms with Crippen LogP contribution in [0.3, 0.4) is 0 Å². The number of alkyl halides is 2. The first-order chi connectivity index (χ1) is 5.70. The van der Waals surface area contributed by atoms with Crippen molar-refractivity contribution in [3.8, 4) is 0 Å². The molecule has 2 aliphatic heterocycles. The van der Waals surface area contributed by atoms with Gasteiger partial charge in [-0.1, -0.05) is 0 Å². The summed E-state index contributed by atoms with van der Waals surface area (Å²) in [5, 5.41) is 11.0. The van der Waals surface area contributed by atoms with Gasteiger partial charge in [0.15, 0.2) is 0 Å². The average Bonchev–Trinajstić information content (AvgIpc) is 2.32. The third-order valence-electron chi connectivity index (χ3n) is 2.54. The van der Waals surface area contributed by atoms with Crippen molar-refractivity contribution in [3.63, 3.8) is 0 Å². The molecule has 0 aromatic carbocycles. The summed E-state index contributed by atoms with van der Waals surface area (Å²) in [4.78, 5) is 0. The maximum absolute atomic E-state index is 9.44. The summed E-state index contributed by atoms with van der Waals surface area (Å²) in [6.07, 6.45) is 1.22. The van der Waals surface area contributed by atoms with E-state index in [4.69, 9.17) is 0 Å². The Kier molecular flexibility index (Phi) is 2.86. The quantitative estimate of drug-likeness (QED) is 0.220. The van der Waals surface area contributed by atoms with Crippen molar-refractivity contribution in [2.45, 2.75) is 6.42 Å². The first-order valence-electron chi connectivity index (χ1n) is 4.11. The zero-order chi connectivity index (χ0) is 8.60. The van der Waals surface area contributed by atoms with E-state index in [1.807, 2.05) is 0 Å². The molecular weight excluding hydrogens is 287 g/mol. The van der Waals surface area contributed by atoms with E-state index in [0.29, 0.717) is 5.41 Å². The molecule has 12 heavy (non-hydrogen) atoms. The second-order valence-corrected chi connectivity index (χ2v) is 6.83. The van der Waals surface area contributed by atoms with Gasteiger partial charge in [-0.2, -0.15) is 0 Å². The number of hydrogen-bond donors (Lipinski definition) is 2. The Balaban J connectivity index is 2.00. The fourth-order valence-electron chi connectivity index (χ4n) is 1.96. The first-order valence-corrected chi connectivity index (χ1v) is 7.56. The van der Waals surface area contributed by atoms with Crippen LogP contribution in [0.2, 0.25) is 0 Å². The van der Waals surface area contributed by atoms with Gasteiger partial charge in [-0.15, -0.1) is 0 Å². The fourth-order valence-corrected chi connectivity index (χ4v) is 5.41. The summed E-state index contributed by atoms with van der Waals surface area (Å²) in [7, 11) is 0. The van der Waals surface area contributed by atoms with Gasteiger partial charge >= 0.3 is 89.0 Å². The Hall–Kier alpha value is 0.960. The number of rotatable bonds is 0. The third-order valence-corrected chi connectivity index (χ3v) is 6.31. The molecule has 3 nitrogen and oxygen atoms in total. The predicted octanol–water partition coefficient (Wildman–Crippen LogP) is -2.73. The molecule has 0 aromatic rings. The van der Waals surface area contributed by atoms with Gasteiger partial charge < -0.3 is 0 Å². The normalized spacial score (nSPS) is 40.2. The number of hydroxylamine groups is 2. The minimum absolute atomic E-state index is 0.208. The molecule has 72 valence electrons. The van der Waals surface area contributed by atoms with Crippen LogP contribution in [0.1, 0.15) is 6.42 Å². The van der Waals surface area contributed by atoms with Crippen molar-refractivity contribution in [1.29, 1.82) is 0 Å². The summed E-state index contributed by atoms with van der Waals surface area (Å²) in [6.45, 7) is 3.01. The zero-order valence-corrected chi connectivity index (χ0v) is 9.96. The Labute approximate surface area is 88.9 Å². The van der Waals surface area contributed by atoms with Gasteiger partial charge in [0.25, 0.3) is 0 Å². The van der Waals surface area contributed by atoms with Gasteiger partial charge in [-0.25, -0.2) is 0 Å². The van der Waals surface area contributed by atoms with Gasteiger partial charge in [-0.05, 0) is 0 Å². The standard InChI is InChI=1S/C7H14IN2OS/c11-9-4-7(3-8-6-9)1-2-10(12)5-7/h11-12H,1-6H2/q-1. The second-order valence-electron chi connectivity index (χ2n) is 3.74. The van der Waals surface area contributed by atoms with Crippen molar-refractivity contribution in [2.24, 2.45) is 5.41 Å². The van der Waals surface area contributed by atoms with Crippen molar-refractivity contribution < 1.29 is 26.4 Å². The molecule has 5 heteroatoms. The summed E-state index contributed by atoms with van der Waals surface area (Å²) in [5.74, 6) is 0. The van der Waals surface area contributed by atoms with E-state index in [1.54, 1.807) is 0 Å². The van der Waals surface area contributed by atoms with Gasteiger partial charge in [0.2, 0.25) is 0 Å². The monoisotopic (exact) mass is 301 g/mol. The molecule has 2 aliphatic rings. The van der Waals surface area contributed by atoms with Crippen LogP contribution < -0.4 is 21.2 Å². The molecule has 0 amide bonds. The van der Waals surface area contributed by atoms with Crippen molar-refractivity contribution in [1.82, 2.24) is 9.37 Å². The number of nitrogens with zero attached hydrogens (tertiary/aromatic N) is 2. The average molecular weight is 301 g/mol. The van der Waals surface area contributed by atoms with E-state index in [9.17, 15) is 5.21 Å². The van der Waals surface area contributed by atoms with Gasteiger partial charge in [0.05, 0.1) is 0 Å². The summed E-state index contributed by atoms with van der Waals surface area (Å²) in [5.41, 5.74) is 0.391. The van der Waals surface area contributed by atoms with E-state index < -0.39 is 0 Å². The molecule has 1 spiro atoms. The zero-order valence-electron chi connectivity index (χ0n) is 6.91. The van der Waals surface area contributed by atoms with Gasteiger partial charge in [-0.3, -0.25) is 0 Å². The molecule has 0 bridgehead atoms. The Bertz CT molecular complexity index is 179. The molecular formula is C7H14IN2OS-. The predicted molar refractivity (Wildman–Crippen MR) is 45.8 cm³/mol. The molecule has 0 aliphatic carbocycles. The van der Waals surface area contributed by atoms with E-state index in [2.05, 4.69) is 17.1 Å². The summed E-state index contributed by atoms with van der Waals surface area (Å²) >= 11 is 4.56. The minimum atomic E-state index is 0.208. The molecule has 2 fully saturated rings. The van der Waals surface area contributed by atoms with E-state index in [-0.39, 0.29) is 21.2 Å². The molecule has 1 N–H and O–H groups in total. The second kappa shape index (κ2) is 3.61. The van der Waals surface area contributed by atoms with Crippen molar-refractivity contribution in [2.75, 3.05) is 28.6 Å². The van der Waals surface area contributed by atoms with Gasteiger partial charge in [0, 0.05) is 0 Å². The van der Waals surface area contributed by atoms with Crippen molar-refractivity contribution >= 4 is 12.8 Å². The van der Waals surface area contributed by atoms with E-state index in [1.165, 1.54) is 15.9 Å².